The molecule has 0 saturated carbocycles. The van der Waals surface area contributed by atoms with Gasteiger partial charge in [-0.25, -0.2) is 4.79 Å². The first-order chi connectivity index (χ1) is 13.4. The number of nitrogens with one attached hydrogen (secondary N) is 1. The largest absolute Gasteiger partial charge is 0.477 e. The third kappa shape index (κ3) is 3.39. The van der Waals surface area contributed by atoms with Gasteiger partial charge in [-0.05, 0) is 6.92 Å². The Hall–Kier alpha value is -3.11. The van der Waals surface area contributed by atoms with Crippen LogP contribution in [0.4, 0.5) is 5.13 Å². The number of nitrogens with two attached hydrogens (primary N) is 1. The van der Waals surface area contributed by atoms with Crippen molar-refractivity contribution in [2.24, 2.45) is 5.16 Å². The second-order valence-corrected chi connectivity index (χ2v) is 7.34. The van der Waals surface area contributed by atoms with Crippen LogP contribution >= 0.6 is 23.3 Å². The van der Waals surface area contributed by atoms with Gasteiger partial charge < -0.3 is 21.0 Å². The molecule has 0 aliphatic carbocycles. The van der Waals surface area contributed by atoms with Gasteiger partial charge in [0, 0.05) is 22.9 Å². The van der Waals surface area contributed by atoms with E-state index in [9.17, 15) is 19.5 Å². The third-order valence-corrected chi connectivity index (χ3v) is 5.61. The van der Waals surface area contributed by atoms with Gasteiger partial charge in [0.25, 0.3) is 11.8 Å². The molecule has 1 unspecified atom stereocenters. The van der Waals surface area contributed by atoms with E-state index in [1.807, 2.05) is 0 Å². The predicted molar refractivity (Wildman–Crippen MR) is 101 cm³/mol. The molecule has 3 rings (SSSR count). The Labute approximate surface area is 167 Å². The zero-order chi connectivity index (χ0) is 20.4. The average molecular weight is 422 g/mol. The Kier molecular flexibility index (Phi) is 5.52. The number of nitrogen functional groups attached to an aromatic ring is 1. The molecule has 3 heterocycles. The van der Waals surface area contributed by atoms with Gasteiger partial charge in [0.15, 0.2) is 5.13 Å². The van der Waals surface area contributed by atoms with Crippen molar-refractivity contribution in [2.45, 2.75) is 18.3 Å². The Morgan fingerprint density at radius 3 is 2.89 bits per heavy atom. The zero-order valence-electron chi connectivity index (χ0n) is 14.4. The monoisotopic (exact) mass is 422 g/mol. The fourth-order valence-corrected chi connectivity index (χ4v) is 4.31. The van der Waals surface area contributed by atoms with Gasteiger partial charge in [-0.2, -0.15) is 9.36 Å². The minimum Gasteiger partial charge on any atom is -0.477 e. The van der Waals surface area contributed by atoms with Gasteiger partial charge in [0.05, 0.1) is 0 Å². The second kappa shape index (κ2) is 7.87. The van der Waals surface area contributed by atoms with Crippen LogP contribution in [0.2, 0.25) is 0 Å². The van der Waals surface area contributed by atoms with Gasteiger partial charge in [-0.15, -0.1) is 18.2 Å². The normalized spacial score (nSPS) is 21.5. The molecule has 4 N–H and O–H groups in total. The molecule has 2 aliphatic rings. The number of aromatic nitrogens is 2. The number of terminal acetylenes is 1. The lowest BCUT2D eigenvalue weighted by Crippen LogP contribution is -2.71. The smallest absolute Gasteiger partial charge is 0.353 e. The molecule has 1 saturated heterocycles. The van der Waals surface area contributed by atoms with Crippen LogP contribution in [-0.4, -0.2) is 66.6 Å². The molecule has 0 spiro atoms. The van der Waals surface area contributed by atoms with E-state index >= 15 is 0 Å². The number of amides is 2. The van der Waals surface area contributed by atoms with Crippen LogP contribution in [0, 0.1) is 12.3 Å². The first-order valence-corrected chi connectivity index (χ1v) is 9.69. The van der Waals surface area contributed by atoms with Crippen molar-refractivity contribution < 1.29 is 24.3 Å². The van der Waals surface area contributed by atoms with E-state index in [1.165, 1.54) is 11.8 Å². The average Bonchev–Trinajstić information content (AvgIpc) is 3.10. The number of β-lactam (4-membered cyclic amide) rings is 1. The summed E-state index contributed by atoms with van der Waals surface area (Å²) in [5, 5.41) is 15.2. The molecule has 0 bridgehead atoms. The van der Waals surface area contributed by atoms with E-state index in [0.717, 1.165) is 16.4 Å². The number of hydrogen-bond acceptors (Lipinski definition) is 10. The minimum atomic E-state index is -1.29. The number of fused-ring (bicyclic) bond motifs is 1. The standard InChI is InChI=1S/C15H14N6O5S2/c1-3-6-5-27-13-8(12(23)21(13)9(6)14(24)25)17-11(22)7(19-26-4-2)10-18-15(16)28-20-10/h1,8,13H,4-5H2,2H3,(H,17,22)(H,24,25)(H2,16,18,20)/b19-7-/t8?,13-/m1/s1. The summed E-state index contributed by atoms with van der Waals surface area (Å²) < 4.78 is 3.92. The first-order valence-electron chi connectivity index (χ1n) is 7.87. The van der Waals surface area contributed by atoms with Crippen molar-refractivity contribution in [3.8, 4) is 12.3 Å². The van der Waals surface area contributed by atoms with E-state index in [0.29, 0.717) is 0 Å². The number of aliphatic carboxylic acids is 1. The molecule has 0 aromatic carbocycles. The highest BCUT2D eigenvalue weighted by molar-refractivity contribution is 8.00. The number of anilines is 1. The van der Waals surface area contributed by atoms with E-state index in [4.69, 9.17) is 17.0 Å². The van der Waals surface area contributed by atoms with Gasteiger partial charge in [0.2, 0.25) is 11.5 Å². The number of hydrogen-bond donors (Lipinski definition) is 3. The molecule has 1 fully saturated rings. The van der Waals surface area contributed by atoms with Crippen LogP contribution < -0.4 is 11.1 Å². The lowest BCUT2D eigenvalue weighted by molar-refractivity contribution is -0.150. The summed E-state index contributed by atoms with van der Waals surface area (Å²) >= 11 is 2.13. The fourth-order valence-electron chi connectivity index (χ4n) is 2.58. The van der Waals surface area contributed by atoms with Crippen LogP contribution in [0.1, 0.15) is 12.7 Å². The molecule has 1 aromatic rings. The summed E-state index contributed by atoms with van der Waals surface area (Å²) in [5.41, 5.74) is 5.28. The second-order valence-electron chi connectivity index (χ2n) is 5.45. The van der Waals surface area contributed by atoms with Gasteiger partial charge >= 0.3 is 5.97 Å². The molecule has 2 aliphatic heterocycles. The van der Waals surface area contributed by atoms with Gasteiger partial charge in [0.1, 0.15) is 23.7 Å². The number of carboxylic acid groups (broad SMARTS) is 1. The van der Waals surface area contributed by atoms with E-state index < -0.39 is 29.2 Å². The van der Waals surface area contributed by atoms with Crippen molar-refractivity contribution >= 4 is 51.9 Å². The number of carbonyl (C=O) groups excluding carboxylic acids is 2. The fraction of sp³-hybridized carbons (Fsp3) is 0.333. The quantitative estimate of drug-likeness (QED) is 0.231. The van der Waals surface area contributed by atoms with Crippen molar-refractivity contribution in [1.29, 1.82) is 0 Å². The Morgan fingerprint density at radius 1 is 1.57 bits per heavy atom. The Bertz CT molecular complexity index is 949. The lowest BCUT2D eigenvalue weighted by Gasteiger charge is -2.48. The van der Waals surface area contributed by atoms with Crippen LogP contribution in [0.5, 0.6) is 0 Å². The summed E-state index contributed by atoms with van der Waals surface area (Å²) in [6.07, 6.45) is 5.33. The van der Waals surface area contributed by atoms with Crippen LogP contribution in [-0.2, 0) is 19.2 Å². The molecule has 11 nitrogen and oxygen atoms in total. The maximum atomic E-state index is 12.6. The summed E-state index contributed by atoms with van der Waals surface area (Å²) in [7, 11) is 0. The van der Waals surface area contributed by atoms with Crippen LogP contribution in [0.15, 0.2) is 16.4 Å². The van der Waals surface area contributed by atoms with E-state index in [-0.39, 0.29) is 40.3 Å². The minimum absolute atomic E-state index is 0.0332. The molecule has 2 amide bonds. The van der Waals surface area contributed by atoms with Gasteiger partial charge in [-0.1, -0.05) is 11.1 Å². The van der Waals surface area contributed by atoms with Crippen molar-refractivity contribution in [3.63, 3.8) is 0 Å². The van der Waals surface area contributed by atoms with E-state index in [2.05, 4.69) is 25.8 Å². The summed E-state index contributed by atoms with van der Waals surface area (Å²) in [4.78, 5) is 46.5. The van der Waals surface area contributed by atoms with Crippen molar-refractivity contribution in [1.82, 2.24) is 19.6 Å². The first kappa shape index (κ1) is 19.6. The van der Waals surface area contributed by atoms with Crippen molar-refractivity contribution in [3.05, 3.63) is 17.1 Å². The highest BCUT2D eigenvalue weighted by atomic mass is 32.2. The number of carbonyl (C=O) groups is 3. The highest BCUT2D eigenvalue weighted by Crippen LogP contribution is 2.40. The molecule has 2 atom stereocenters. The molecule has 1 aromatic heterocycles. The predicted octanol–water partition coefficient (Wildman–Crippen LogP) is -0.767. The summed E-state index contributed by atoms with van der Waals surface area (Å²) in [5.74, 6) is -0.121. The van der Waals surface area contributed by atoms with E-state index in [1.54, 1.807) is 6.92 Å². The molecule has 28 heavy (non-hydrogen) atoms. The Morgan fingerprint density at radius 2 is 2.32 bits per heavy atom. The van der Waals surface area contributed by atoms with Gasteiger partial charge in [-0.3, -0.25) is 14.5 Å². The highest BCUT2D eigenvalue weighted by Gasteiger charge is 2.54. The third-order valence-electron chi connectivity index (χ3n) is 3.79. The molecule has 13 heteroatoms. The zero-order valence-corrected chi connectivity index (χ0v) is 16.0. The lowest BCUT2D eigenvalue weighted by atomic mass is 10.0. The SMILES string of the molecule is C#CC1=C(C(=O)O)N2C(=O)C(NC(=O)/C(=N\OCC)c3nsc(N)n3)[C@H]2SC1. The molecule has 0 radical (unpaired) electrons. The maximum Gasteiger partial charge on any atom is 0.353 e. The number of nitrogens with zero attached hydrogens (tertiary/aromatic N) is 4. The molecule has 146 valence electrons. The van der Waals surface area contributed by atoms with Crippen molar-refractivity contribution in [2.75, 3.05) is 18.1 Å². The van der Waals surface area contributed by atoms with Crippen LogP contribution in [0.25, 0.3) is 0 Å². The molecular weight excluding hydrogens is 408 g/mol. The number of oxime groups is 1. The van der Waals surface area contributed by atoms with Crippen LogP contribution in [0.3, 0.4) is 0 Å². The Balaban J connectivity index is 1.80. The number of carboxylic acids is 1. The molecular formula is C15H14N6O5S2. The number of rotatable bonds is 6. The number of thioether (sulfide) groups is 1. The maximum absolute atomic E-state index is 12.6. The summed E-state index contributed by atoms with van der Waals surface area (Å²) in [6.45, 7) is 1.88. The topological polar surface area (TPSA) is 160 Å². The summed E-state index contributed by atoms with van der Waals surface area (Å²) in [6, 6.07) is -0.950.